The van der Waals surface area contributed by atoms with Gasteiger partial charge in [0, 0.05) is 23.9 Å². The predicted octanol–water partition coefficient (Wildman–Crippen LogP) is 4.26. The maximum Gasteiger partial charge on any atom is 0.323 e. The van der Waals surface area contributed by atoms with E-state index < -0.39 is 6.03 Å². The summed E-state index contributed by atoms with van der Waals surface area (Å²) >= 11 is 0. The summed E-state index contributed by atoms with van der Waals surface area (Å²) in [6.45, 7) is 0.523. The smallest absolute Gasteiger partial charge is 0.323 e. The fourth-order valence-corrected chi connectivity index (χ4v) is 3.45. The standard InChI is InChI=1S/C23H21N3O4/c1-29-16-10-11-21(30-2)20(12-16)26-23(28)25-15-8-6-14(7-9-15)17-4-3-5-18-19(17)13-24-22(18)27/h3-12H,13H2,1-2H3,(H,24,27)(H2,25,26,28). The summed E-state index contributed by atoms with van der Waals surface area (Å²) < 4.78 is 10.5. The maximum absolute atomic E-state index is 12.4. The molecule has 0 saturated heterocycles. The first-order chi connectivity index (χ1) is 14.6. The van der Waals surface area contributed by atoms with Crippen LogP contribution in [0.2, 0.25) is 0 Å². The van der Waals surface area contributed by atoms with Gasteiger partial charge in [-0.1, -0.05) is 24.3 Å². The number of hydrogen-bond acceptors (Lipinski definition) is 4. The molecule has 0 fully saturated rings. The van der Waals surface area contributed by atoms with Gasteiger partial charge in [-0.3, -0.25) is 4.79 Å². The van der Waals surface area contributed by atoms with Gasteiger partial charge in [-0.25, -0.2) is 4.79 Å². The van der Waals surface area contributed by atoms with Crippen molar-refractivity contribution in [2.24, 2.45) is 0 Å². The third-order valence-corrected chi connectivity index (χ3v) is 4.95. The van der Waals surface area contributed by atoms with E-state index in [-0.39, 0.29) is 5.91 Å². The molecule has 30 heavy (non-hydrogen) atoms. The first-order valence-electron chi connectivity index (χ1n) is 9.39. The number of carbonyl (C=O) groups is 2. The first-order valence-corrected chi connectivity index (χ1v) is 9.39. The molecule has 0 bridgehead atoms. The van der Waals surface area contributed by atoms with Gasteiger partial charge in [0.25, 0.3) is 5.91 Å². The number of fused-ring (bicyclic) bond motifs is 1. The average Bonchev–Trinajstić information content (AvgIpc) is 3.15. The molecule has 0 aliphatic carbocycles. The molecule has 4 rings (SSSR count). The normalized spacial score (nSPS) is 12.0. The molecule has 7 heteroatoms. The largest absolute Gasteiger partial charge is 0.497 e. The van der Waals surface area contributed by atoms with Crippen LogP contribution in [-0.2, 0) is 6.54 Å². The molecule has 0 spiro atoms. The second kappa shape index (κ2) is 8.16. The Labute approximate surface area is 174 Å². The van der Waals surface area contributed by atoms with Gasteiger partial charge in [-0.15, -0.1) is 0 Å². The van der Waals surface area contributed by atoms with Crippen molar-refractivity contribution in [1.82, 2.24) is 5.32 Å². The highest BCUT2D eigenvalue weighted by Gasteiger charge is 2.21. The molecule has 152 valence electrons. The fraction of sp³-hybridized carbons (Fsp3) is 0.130. The molecule has 3 amide bonds. The Bertz CT molecular complexity index is 1110. The highest BCUT2D eigenvalue weighted by molar-refractivity contribution is 6.02. The number of anilines is 2. The van der Waals surface area contributed by atoms with E-state index in [0.717, 1.165) is 16.7 Å². The van der Waals surface area contributed by atoms with Crippen LogP contribution in [0.3, 0.4) is 0 Å². The third-order valence-electron chi connectivity index (χ3n) is 4.95. The molecule has 0 atom stereocenters. The molecule has 0 aromatic heterocycles. The lowest BCUT2D eigenvalue weighted by molar-refractivity contribution is 0.0965. The van der Waals surface area contributed by atoms with Gasteiger partial charge in [0.05, 0.1) is 19.9 Å². The topological polar surface area (TPSA) is 88.7 Å². The number of urea groups is 1. The van der Waals surface area contributed by atoms with Crippen molar-refractivity contribution < 1.29 is 19.1 Å². The second-order valence-corrected chi connectivity index (χ2v) is 6.74. The summed E-state index contributed by atoms with van der Waals surface area (Å²) in [4.78, 5) is 24.3. The van der Waals surface area contributed by atoms with Crippen molar-refractivity contribution >= 4 is 23.3 Å². The average molecular weight is 403 g/mol. The molecule has 0 unspecified atom stereocenters. The molecule has 3 N–H and O–H groups in total. The minimum absolute atomic E-state index is 0.0465. The Morgan fingerprint density at radius 2 is 1.70 bits per heavy atom. The van der Waals surface area contributed by atoms with Crippen LogP contribution in [0, 0.1) is 0 Å². The van der Waals surface area contributed by atoms with Crippen LogP contribution in [0.25, 0.3) is 11.1 Å². The van der Waals surface area contributed by atoms with E-state index in [0.29, 0.717) is 35.0 Å². The molecular formula is C23H21N3O4. The molecule has 0 saturated carbocycles. The lowest BCUT2D eigenvalue weighted by Crippen LogP contribution is -2.19. The monoisotopic (exact) mass is 403 g/mol. The summed E-state index contributed by atoms with van der Waals surface area (Å²) in [5.74, 6) is 1.09. The van der Waals surface area contributed by atoms with Crippen molar-refractivity contribution in [1.29, 1.82) is 0 Å². The predicted molar refractivity (Wildman–Crippen MR) is 115 cm³/mol. The first kappa shape index (κ1) is 19.3. The van der Waals surface area contributed by atoms with Crippen molar-refractivity contribution in [3.05, 3.63) is 71.8 Å². The molecule has 1 heterocycles. The summed E-state index contributed by atoms with van der Waals surface area (Å²) in [6.07, 6.45) is 0. The van der Waals surface area contributed by atoms with Crippen LogP contribution in [0.4, 0.5) is 16.2 Å². The van der Waals surface area contributed by atoms with E-state index in [1.54, 1.807) is 25.3 Å². The van der Waals surface area contributed by atoms with E-state index in [1.807, 2.05) is 42.5 Å². The number of benzene rings is 3. The second-order valence-electron chi connectivity index (χ2n) is 6.74. The molecule has 0 radical (unpaired) electrons. The van der Waals surface area contributed by atoms with Crippen LogP contribution in [0.1, 0.15) is 15.9 Å². The molecule has 3 aromatic carbocycles. The van der Waals surface area contributed by atoms with Crippen molar-refractivity contribution in [3.63, 3.8) is 0 Å². The van der Waals surface area contributed by atoms with Crippen LogP contribution >= 0.6 is 0 Å². The Hall–Kier alpha value is -4.00. The van der Waals surface area contributed by atoms with E-state index >= 15 is 0 Å². The van der Waals surface area contributed by atoms with Crippen LogP contribution in [0.5, 0.6) is 11.5 Å². The highest BCUT2D eigenvalue weighted by Crippen LogP contribution is 2.31. The number of rotatable bonds is 5. The number of amides is 3. The maximum atomic E-state index is 12.4. The fourth-order valence-electron chi connectivity index (χ4n) is 3.45. The van der Waals surface area contributed by atoms with Gasteiger partial charge >= 0.3 is 6.03 Å². The van der Waals surface area contributed by atoms with Crippen LogP contribution < -0.4 is 25.4 Å². The molecular weight excluding hydrogens is 382 g/mol. The van der Waals surface area contributed by atoms with Gasteiger partial charge in [-0.05, 0) is 47.0 Å². The SMILES string of the molecule is COc1ccc(OC)c(NC(=O)Nc2ccc(-c3cccc4c3CNC4=O)cc2)c1. The van der Waals surface area contributed by atoms with Gasteiger partial charge in [-0.2, -0.15) is 0 Å². The third kappa shape index (κ3) is 3.77. The minimum Gasteiger partial charge on any atom is -0.497 e. The zero-order chi connectivity index (χ0) is 21.1. The Kier molecular flexibility index (Phi) is 5.26. The summed E-state index contributed by atoms with van der Waals surface area (Å²) in [5, 5.41) is 8.42. The van der Waals surface area contributed by atoms with E-state index in [2.05, 4.69) is 16.0 Å². The molecule has 1 aliphatic rings. The zero-order valence-corrected chi connectivity index (χ0v) is 16.6. The number of carbonyl (C=O) groups excluding carboxylic acids is 2. The minimum atomic E-state index is -0.398. The summed E-state index contributed by atoms with van der Waals surface area (Å²) in [7, 11) is 3.09. The van der Waals surface area contributed by atoms with Crippen LogP contribution in [-0.4, -0.2) is 26.2 Å². The van der Waals surface area contributed by atoms with Gasteiger partial charge < -0.3 is 25.4 Å². The lowest BCUT2D eigenvalue weighted by atomic mass is 9.97. The number of hydrogen-bond donors (Lipinski definition) is 3. The van der Waals surface area contributed by atoms with Crippen molar-refractivity contribution in [3.8, 4) is 22.6 Å². The zero-order valence-electron chi connectivity index (χ0n) is 16.6. The number of methoxy groups -OCH3 is 2. The number of nitrogens with one attached hydrogen (secondary N) is 3. The summed E-state index contributed by atoms with van der Waals surface area (Å²) in [5.41, 5.74) is 4.82. The highest BCUT2D eigenvalue weighted by atomic mass is 16.5. The van der Waals surface area contributed by atoms with Crippen molar-refractivity contribution in [2.45, 2.75) is 6.54 Å². The lowest BCUT2D eigenvalue weighted by Gasteiger charge is -2.13. The van der Waals surface area contributed by atoms with E-state index in [4.69, 9.17) is 9.47 Å². The summed E-state index contributed by atoms with van der Waals surface area (Å²) in [6, 6.07) is 17.9. The quantitative estimate of drug-likeness (QED) is 0.594. The van der Waals surface area contributed by atoms with Gasteiger partial charge in [0.1, 0.15) is 11.5 Å². The van der Waals surface area contributed by atoms with Gasteiger partial charge in [0.2, 0.25) is 0 Å². The molecule has 1 aliphatic heterocycles. The number of ether oxygens (including phenoxy) is 2. The molecule has 3 aromatic rings. The van der Waals surface area contributed by atoms with Crippen molar-refractivity contribution in [2.75, 3.05) is 24.9 Å². The van der Waals surface area contributed by atoms with E-state index in [1.165, 1.54) is 7.11 Å². The Balaban J connectivity index is 1.48. The Morgan fingerprint density at radius 1 is 0.933 bits per heavy atom. The Morgan fingerprint density at radius 3 is 2.43 bits per heavy atom. The van der Waals surface area contributed by atoms with Crippen LogP contribution in [0.15, 0.2) is 60.7 Å². The molecule has 7 nitrogen and oxygen atoms in total. The van der Waals surface area contributed by atoms with E-state index in [9.17, 15) is 9.59 Å². The van der Waals surface area contributed by atoms with Gasteiger partial charge in [0.15, 0.2) is 0 Å².